The first kappa shape index (κ1) is 16.3. The van der Waals surface area contributed by atoms with Crippen molar-refractivity contribution in [1.82, 2.24) is 15.1 Å². The van der Waals surface area contributed by atoms with Crippen LogP contribution in [0.4, 0.5) is 13.2 Å². The molecule has 1 aromatic rings. The van der Waals surface area contributed by atoms with E-state index in [0.717, 1.165) is 18.5 Å². The van der Waals surface area contributed by atoms with Crippen molar-refractivity contribution >= 4 is 0 Å². The molecule has 1 aliphatic carbocycles. The highest BCUT2D eigenvalue weighted by atomic mass is 19.4. The van der Waals surface area contributed by atoms with Crippen molar-refractivity contribution in [3.05, 3.63) is 18.0 Å². The summed E-state index contributed by atoms with van der Waals surface area (Å²) in [5.41, 5.74) is 1.00. The number of aromatic nitrogens is 2. The highest BCUT2D eigenvalue weighted by Crippen LogP contribution is 2.43. The zero-order chi connectivity index (χ0) is 15.5. The Hall–Kier alpha value is -1.04. The number of aryl methyl sites for hydroxylation is 1. The van der Waals surface area contributed by atoms with Crippen molar-refractivity contribution < 1.29 is 13.2 Å². The highest BCUT2D eigenvalue weighted by molar-refractivity contribution is 5.07. The molecule has 1 aromatic heterocycles. The number of nitrogens with zero attached hydrogens (tertiary/aromatic N) is 2. The molecule has 0 amide bonds. The van der Waals surface area contributed by atoms with Gasteiger partial charge in [0.2, 0.25) is 0 Å². The minimum atomic E-state index is -4.09. The Bertz CT molecular complexity index is 442. The first-order chi connectivity index (χ1) is 9.95. The van der Waals surface area contributed by atoms with Gasteiger partial charge >= 0.3 is 6.18 Å². The molecule has 0 saturated heterocycles. The van der Waals surface area contributed by atoms with Gasteiger partial charge in [0.1, 0.15) is 0 Å². The second-order valence-electron chi connectivity index (χ2n) is 5.90. The van der Waals surface area contributed by atoms with E-state index in [2.05, 4.69) is 10.4 Å². The Labute approximate surface area is 123 Å². The zero-order valence-electron chi connectivity index (χ0n) is 12.7. The lowest BCUT2D eigenvalue weighted by molar-refractivity contribution is -0.199. The molecule has 0 spiro atoms. The Kier molecular flexibility index (Phi) is 5.30. The fourth-order valence-electron chi connectivity index (χ4n) is 3.45. The topological polar surface area (TPSA) is 29.9 Å². The molecule has 1 N–H and O–H groups in total. The van der Waals surface area contributed by atoms with Gasteiger partial charge in [-0.3, -0.25) is 4.68 Å². The first-order valence-corrected chi connectivity index (χ1v) is 7.71. The van der Waals surface area contributed by atoms with Crippen LogP contribution in [0.1, 0.15) is 38.2 Å². The Morgan fingerprint density at radius 2 is 2.10 bits per heavy atom. The van der Waals surface area contributed by atoms with E-state index in [1.165, 1.54) is 0 Å². The maximum Gasteiger partial charge on any atom is 0.392 e. The zero-order valence-corrected chi connectivity index (χ0v) is 12.7. The van der Waals surface area contributed by atoms with E-state index in [4.69, 9.17) is 0 Å². The molecule has 0 radical (unpaired) electrons. The molecule has 21 heavy (non-hydrogen) atoms. The highest BCUT2D eigenvalue weighted by Gasteiger charge is 2.47. The molecule has 6 heteroatoms. The van der Waals surface area contributed by atoms with E-state index in [1.807, 2.05) is 17.8 Å². The van der Waals surface area contributed by atoms with Gasteiger partial charge in [-0.25, -0.2) is 0 Å². The molecule has 1 saturated carbocycles. The molecule has 2 rings (SSSR count). The maximum absolute atomic E-state index is 13.2. The Morgan fingerprint density at radius 3 is 2.67 bits per heavy atom. The van der Waals surface area contributed by atoms with E-state index in [0.29, 0.717) is 19.3 Å². The van der Waals surface area contributed by atoms with Crippen molar-refractivity contribution in [3.63, 3.8) is 0 Å². The summed E-state index contributed by atoms with van der Waals surface area (Å²) in [5, 5.41) is 7.31. The predicted octanol–water partition coefficient (Wildman–Crippen LogP) is 3.40. The number of likely N-dealkylation sites (N-methyl/N-ethyl adjacent to an activating group) is 1. The summed E-state index contributed by atoms with van der Waals surface area (Å²) in [6.07, 6.45) is 2.70. The van der Waals surface area contributed by atoms with Crippen molar-refractivity contribution in [2.24, 2.45) is 11.8 Å². The number of hydrogen-bond acceptors (Lipinski definition) is 2. The van der Waals surface area contributed by atoms with E-state index in [9.17, 15) is 13.2 Å². The molecule has 3 atom stereocenters. The molecule has 120 valence electrons. The van der Waals surface area contributed by atoms with E-state index in [-0.39, 0.29) is 18.4 Å². The third-order valence-corrected chi connectivity index (χ3v) is 4.59. The predicted molar refractivity (Wildman–Crippen MR) is 76.0 cm³/mol. The van der Waals surface area contributed by atoms with Crippen LogP contribution in [0.15, 0.2) is 12.4 Å². The largest absolute Gasteiger partial charge is 0.392 e. The molecule has 0 bridgehead atoms. The van der Waals surface area contributed by atoms with Crippen LogP contribution in [0.25, 0.3) is 0 Å². The van der Waals surface area contributed by atoms with Gasteiger partial charge in [-0.1, -0.05) is 12.8 Å². The van der Waals surface area contributed by atoms with Crippen molar-refractivity contribution in [3.8, 4) is 0 Å². The number of halogens is 3. The molecule has 1 aliphatic rings. The van der Waals surface area contributed by atoms with Crippen LogP contribution in [0.3, 0.4) is 0 Å². The fourth-order valence-corrected chi connectivity index (χ4v) is 3.45. The van der Waals surface area contributed by atoms with Gasteiger partial charge in [-0.2, -0.15) is 18.3 Å². The standard InChI is InChI=1S/C15H24F3N3/c1-3-21-10-11(9-20-21)8-14(19-2)12-6-4-5-7-13(12)15(16,17)18/h9-10,12-14,19H,3-8H2,1-2H3. The molecule has 0 aromatic carbocycles. The van der Waals surface area contributed by atoms with E-state index >= 15 is 0 Å². The average Bonchev–Trinajstić information content (AvgIpc) is 2.91. The number of hydrogen-bond donors (Lipinski definition) is 1. The van der Waals surface area contributed by atoms with Gasteiger partial charge in [-0.15, -0.1) is 0 Å². The van der Waals surface area contributed by atoms with Crippen molar-refractivity contribution in [2.75, 3.05) is 7.05 Å². The summed E-state index contributed by atoms with van der Waals surface area (Å²) in [5.74, 6) is -1.52. The minimum absolute atomic E-state index is 0.147. The smallest absolute Gasteiger partial charge is 0.316 e. The van der Waals surface area contributed by atoms with Crippen molar-refractivity contribution in [1.29, 1.82) is 0 Å². The summed E-state index contributed by atoms with van der Waals surface area (Å²) in [6.45, 7) is 2.77. The van der Waals surface area contributed by atoms with Gasteiger partial charge in [0.05, 0.1) is 12.1 Å². The van der Waals surface area contributed by atoms with Crippen LogP contribution < -0.4 is 5.32 Å². The van der Waals surface area contributed by atoms with Crippen LogP contribution in [0.5, 0.6) is 0 Å². The quantitative estimate of drug-likeness (QED) is 0.903. The first-order valence-electron chi connectivity index (χ1n) is 7.71. The summed E-state index contributed by atoms with van der Waals surface area (Å²) in [6, 6.07) is -0.147. The summed E-state index contributed by atoms with van der Waals surface area (Å²) in [7, 11) is 1.76. The van der Waals surface area contributed by atoms with Gasteiger partial charge in [0.25, 0.3) is 0 Å². The van der Waals surface area contributed by atoms with Gasteiger partial charge in [-0.05, 0) is 44.7 Å². The van der Waals surface area contributed by atoms with Crippen LogP contribution in [-0.4, -0.2) is 29.0 Å². The summed E-state index contributed by atoms with van der Waals surface area (Å²) in [4.78, 5) is 0. The summed E-state index contributed by atoms with van der Waals surface area (Å²) >= 11 is 0. The van der Waals surface area contributed by atoms with Gasteiger partial charge in [0.15, 0.2) is 0 Å². The second-order valence-corrected chi connectivity index (χ2v) is 5.90. The Morgan fingerprint density at radius 1 is 1.38 bits per heavy atom. The lowest BCUT2D eigenvalue weighted by Crippen LogP contribution is -2.45. The number of rotatable bonds is 5. The summed E-state index contributed by atoms with van der Waals surface area (Å²) < 4.78 is 41.5. The third-order valence-electron chi connectivity index (χ3n) is 4.59. The molecule has 1 heterocycles. The van der Waals surface area contributed by atoms with E-state index in [1.54, 1.807) is 13.2 Å². The van der Waals surface area contributed by atoms with Crippen molar-refractivity contribution in [2.45, 2.75) is 57.8 Å². The molecular weight excluding hydrogens is 279 g/mol. The maximum atomic E-state index is 13.2. The molecule has 0 aliphatic heterocycles. The number of alkyl halides is 3. The SMILES string of the molecule is CCn1cc(CC(NC)C2CCCCC2C(F)(F)F)cn1. The Balaban J connectivity index is 2.10. The monoisotopic (exact) mass is 303 g/mol. The van der Waals surface area contributed by atoms with Gasteiger partial charge in [0, 0.05) is 18.8 Å². The number of nitrogens with one attached hydrogen (secondary N) is 1. The molecule has 1 fully saturated rings. The molecular formula is C15H24F3N3. The fraction of sp³-hybridized carbons (Fsp3) is 0.800. The molecule has 3 nitrogen and oxygen atoms in total. The lowest BCUT2D eigenvalue weighted by atomic mass is 9.73. The minimum Gasteiger partial charge on any atom is -0.316 e. The van der Waals surface area contributed by atoms with Crippen LogP contribution in [-0.2, 0) is 13.0 Å². The van der Waals surface area contributed by atoms with Crippen LogP contribution in [0.2, 0.25) is 0 Å². The average molecular weight is 303 g/mol. The second kappa shape index (κ2) is 6.81. The van der Waals surface area contributed by atoms with Crippen LogP contribution in [0, 0.1) is 11.8 Å². The molecule has 3 unspecified atom stereocenters. The normalized spacial score (nSPS) is 25.0. The van der Waals surface area contributed by atoms with Gasteiger partial charge < -0.3 is 5.32 Å². The third kappa shape index (κ3) is 3.99. The van der Waals surface area contributed by atoms with E-state index < -0.39 is 12.1 Å². The lowest BCUT2D eigenvalue weighted by Gasteiger charge is -2.38. The van der Waals surface area contributed by atoms with Crippen LogP contribution >= 0.6 is 0 Å².